The zero-order chi connectivity index (χ0) is 18.9. The molecule has 0 heterocycles. The molecule has 5 rings (SSSR count). The van der Waals surface area contributed by atoms with Crippen molar-refractivity contribution in [1.29, 1.82) is 0 Å². The van der Waals surface area contributed by atoms with E-state index in [9.17, 15) is 4.79 Å². The number of hydrogen-bond acceptors (Lipinski definition) is 1. The Kier molecular flexibility index (Phi) is 3.95. The summed E-state index contributed by atoms with van der Waals surface area (Å²) >= 11 is 0. The molecule has 1 aromatic rings. The van der Waals surface area contributed by atoms with Crippen molar-refractivity contribution in [2.45, 2.75) is 84.0 Å². The Morgan fingerprint density at radius 1 is 0.852 bits per heavy atom. The molecule has 2 unspecified atom stereocenters. The van der Waals surface area contributed by atoms with Crippen LogP contribution in [0.4, 0.5) is 0 Å². The van der Waals surface area contributed by atoms with Crippen molar-refractivity contribution in [3.63, 3.8) is 0 Å². The molecule has 27 heavy (non-hydrogen) atoms. The van der Waals surface area contributed by atoms with E-state index < -0.39 is 0 Å². The SMILES string of the molecule is C[C@]12CCC(=O)CC1CCC1[C@@H]2CC[C@@]2(C)[C@H]1CC[C@]2(C)c1ccccc1. The van der Waals surface area contributed by atoms with E-state index in [-0.39, 0.29) is 0 Å². The van der Waals surface area contributed by atoms with Gasteiger partial charge in [-0.05, 0) is 90.4 Å². The fraction of sp³-hybridized carbons (Fsp3) is 0.731. The lowest BCUT2D eigenvalue weighted by molar-refractivity contribution is -0.140. The summed E-state index contributed by atoms with van der Waals surface area (Å²) in [6.45, 7) is 7.76. The molecule has 4 fully saturated rings. The molecular weight excluding hydrogens is 328 g/mol. The summed E-state index contributed by atoms with van der Waals surface area (Å²) in [6.07, 6.45) is 11.1. The van der Waals surface area contributed by atoms with E-state index >= 15 is 0 Å². The van der Waals surface area contributed by atoms with Crippen LogP contribution in [-0.2, 0) is 10.2 Å². The molecule has 4 aliphatic rings. The summed E-state index contributed by atoms with van der Waals surface area (Å²) < 4.78 is 0. The van der Waals surface area contributed by atoms with E-state index in [4.69, 9.17) is 0 Å². The quantitative estimate of drug-likeness (QED) is 0.552. The van der Waals surface area contributed by atoms with Gasteiger partial charge in [-0.3, -0.25) is 4.79 Å². The van der Waals surface area contributed by atoms with E-state index in [1.54, 1.807) is 5.56 Å². The molecular formula is C26H36O. The fourth-order valence-corrected chi connectivity index (χ4v) is 8.59. The van der Waals surface area contributed by atoms with Gasteiger partial charge in [0.25, 0.3) is 0 Å². The Morgan fingerprint density at radius 3 is 2.37 bits per heavy atom. The minimum Gasteiger partial charge on any atom is -0.300 e. The Labute approximate surface area is 165 Å². The number of ketones is 1. The maximum absolute atomic E-state index is 12.1. The van der Waals surface area contributed by atoms with Gasteiger partial charge in [0.2, 0.25) is 0 Å². The van der Waals surface area contributed by atoms with Gasteiger partial charge in [0.05, 0.1) is 0 Å². The molecule has 0 saturated heterocycles. The first-order valence-electron chi connectivity index (χ1n) is 11.5. The standard InChI is InChI=1S/C26H36O/c1-24-14-11-20(27)17-19(24)9-10-21-22(24)12-16-26(3)23(21)13-15-25(26,2)18-7-5-4-6-8-18/h4-8,19,21-23H,9-17H2,1-3H3/t19?,21?,22-,23-,24-,25+,26-/m0/s1. The van der Waals surface area contributed by atoms with Gasteiger partial charge in [0, 0.05) is 12.8 Å². The third kappa shape index (κ3) is 2.33. The molecule has 1 nitrogen and oxygen atoms in total. The highest BCUT2D eigenvalue weighted by Gasteiger charge is 2.63. The van der Waals surface area contributed by atoms with Crippen LogP contribution in [0.25, 0.3) is 0 Å². The van der Waals surface area contributed by atoms with Crippen molar-refractivity contribution in [3.05, 3.63) is 35.9 Å². The van der Waals surface area contributed by atoms with Gasteiger partial charge in [-0.25, -0.2) is 0 Å². The maximum atomic E-state index is 12.1. The van der Waals surface area contributed by atoms with Crippen LogP contribution < -0.4 is 0 Å². The van der Waals surface area contributed by atoms with Gasteiger partial charge < -0.3 is 0 Å². The molecule has 1 aromatic carbocycles. The highest BCUT2D eigenvalue weighted by molar-refractivity contribution is 5.79. The molecule has 0 N–H and O–H groups in total. The third-order valence-electron chi connectivity index (χ3n) is 10.5. The molecule has 0 radical (unpaired) electrons. The van der Waals surface area contributed by atoms with Crippen LogP contribution in [0.3, 0.4) is 0 Å². The largest absolute Gasteiger partial charge is 0.300 e. The van der Waals surface area contributed by atoms with Gasteiger partial charge in [-0.2, -0.15) is 0 Å². The lowest BCUT2D eigenvalue weighted by Gasteiger charge is -2.61. The number of Topliss-reactive ketones (excluding diaryl/α,β-unsaturated/α-hetero) is 1. The monoisotopic (exact) mass is 364 g/mol. The first-order chi connectivity index (χ1) is 12.9. The smallest absolute Gasteiger partial charge is 0.133 e. The zero-order valence-electron chi connectivity index (χ0n) is 17.5. The number of carbonyl (C=O) groups is 1. The fourth-order valence-electron chi connectivity index (χ4n) is 8.59. The third-order valence-corrected chi connectivity index (χ3v) is 10.5. The van der Waals surface area contributed by atoms with E-state index in [2.05, 4.69) is 51.1 Å². The van der Waals surface area contributed by atoms with Crippen LogP contribution in [0.5, 0.6) is 0 Å². The number of benzene rings is 1. The normalized spacial score (nSPS) is 49.2. The molecule has 0 spiro atoms. The van der Waals surface area contributed by atoms with E-state index in [0.717, 1.165) is 37.0 Å². The summed E-state index contributed by atoms with van der Waals surface area (Å²) in [6, 6.07) is 11.4. The van der Waals surface area contributed by atoms with Crippen molar-refractivity contribution >= 4 is 5.78 Å². The minimum atomic E-state index is 0.324. The summed E-state index contributed by atoms with van der Waals surface area (Å²) in [4.78, 5) is 12.1. The molecule has 7 atom stereocenters. The van der Waals surface area contributed by atoms with Crippen molar-refractivity contribution in [3.8, 4) is 0 Å². The van der Waals surface area contributed by atoms with Crippen LogP contribution in [-0.4, -0.2) is 5.78 Å². The second kappa shape index (κ2) is 5.94. The topological polar surface area (TPSA) is 17.1 Å². The van der Waals surface area contributed by atoms with Crippen molar-refractivity contribution in [2.75, 3.05) is 0 Å². The van der Waals surface area contributed by atoms with Gasteiger partial charge in [-0.15, -0.1) is 0 Å². The van der Waals surface area contributed by atoms with Gasteiger partial charge in [0.1, 0.15) is 5.78 Å². The van der Waals surface area contributed by atoms with Crippen LogP contribution >= 0.6 is 0 Å². The second-order valence-corrected chi connectivity index (χ2v) is 11.1. The molecule has 0 amide bonds. The number of carbonyl (C=O) groups excluding carboxylic acids is 1. The lowest BCUT2D eigenvalue weighted by atomic mass is 9.43. The van der Waals surface area contributed by atoms with Gasteiger partial charge in [0.15, 0.2) is 0 Å². The number of hydrogen-bond donors (Lipinski definition) is 0. The van der Waals surface area contributed by atoms with Crippen LogP contribution in [0, 0.1) is 34.5 Å². The molecule has 4 aliphatic carbocycles. The highest BCUT2D eigenvalue weighted by atomic mass is 16.1. The predicted molar refractivity (Wildman–Crippen MR) is 111 cm³/mol. The summed E-state index contributed by atoms with van der Waals surface area (Å²) in [5, 5.41) is 0. The molecule has 4 saturated carbocycles. The van der Waals surface area contributed by atoms with E-state index in [0.29, 0.717) is 27.9 Å². The summed E-state index contributed by atoms with van der Waals surface area (Å²) in [5.41, 5.74) is 2.76. The number of fused-ring (bicyclic) bond motifs is 5. The number of rotatable bonds is 1. The van der Waals surface area contributed by atoms with Crippen molar-refractivity contribution in [1.82, 2.24) is 0 Å². The van der Waals surface area contributed by atoms with E-state index in [1.165, 1.54) is 38.5 Å². The second-order valence-electron chi connectivity index (χ2n) is 11.1. The highest BCUT2D eigenvalue weighted by Crippen LogP contribution is 2.70. The average molecular weight is 365 g/mol. The predicted octanol–water partition coefficient (Wildman–Crippen LogP) is 6.56. The van der Waals surface area contributed by atoms with Crippen LogP contribution in [0.1, 0.15) is 84.1 Å². The molecule has 0 aromatic heterocycles. The Bertz CT molecular complexity index is 738. The zero-order valence-corrected chi connectivity index (χ0v) is 17.5. The Balaban J connectivity index is 1.48. The van der Waals surface area contributed by atoms with Crippen molar-refractivity contribution < 1.29 is 4.79 Å². The average Bonchev–Trinajstić information content (AvgIpc) is 2.95. The Hall–Kier alpha value is -1.11. The van der Waals surface area contributed by atoms with Crippen LogP contribution in [0.15, 0.2) is 30.3 Å². The Morgan fingerprint density at radius 2 is 1.59 bits per heavy atom. The van der Waals surface area contributed by atoms with E-state index in [1.807, 2.05) is 0 Å². The lowest BCUT2D eigenvalue weighted by Crippen LogP contribution is -2.55. The molecule has 0 aliphatic heterocycles. The molecule has 1 heteroatoms. The van der Waals surface area contributed by atoms with Gasteiger partial charge >= 0.3 is 0 Å². The summed E-state index contributed by atoms with van der Waals surface area (Å²) in [5.74, 6) is 3.83. The molecule has 0 bridgehead atoms. The minimum absolute atomic E-state index is 0.324. The first-order valence-corrected chi connectivity index (χ1v) is 11.5. The van der Waals surface area contributed by atoms with Gasteiger partial charge in [-0.1, -0.05) is 51.1 Å². The summed E-state index contributed by atoms with van der Waals surface area (Å²) in [7, 11) is 0. The first kappa shape index (κ1) is 18.0. The molecule has 146 valence electrons. The van der Waals surface area contributed by atoms with Crippen LogP contribution in [0.2, 0.25) is 0 Å². The van der Waals surface area contributed by atoms with Crippen molar-refractivity contribution in [2.24, 2.45) is 34.5 Å². The maximum Gasteiger partial charge on any atom is 0.133 e.